The van der Waals surface area contributed by atoms with Gasteiger partial charge in [0.2, 0.25) is 0 Å². The summed E-state index contributed by atoms with van der Waals surface area (Å²) >= 11 is 0. The first-order valence-electron chi connectivity index (χ1n) is 10.8. The molecule has 0 aromatic rings. The van der Waals surface area contributed by atoms with Gasteiger partial charge in [-0.25, -0.2) is 0 Å². The van der Waals surface area contributed by atoms with E-state index < -0.39 is 5.60 Å². The van der Waals surface area contributed by atoms with Crippen LogP contribution in [0, 0.1) is 41.4 Å². The van der Waals surface area contributed by atoms with Gasteiger partial charge in [-0.1, -0.05) is 18.4 Å². The summed E-state index contributed by atoms with van der Waals surface area (Å²) in [6.07, 6.45) is 16.5. The van der Waals surface area contributed by atoms with Gasteiger partial charge in [0, 0.05) is 19.3 Å². The Morgan fingerprint density at radius 1 is 1.07 bits per heavy atom. The van der Waals surface area contributed by atoms with Crippen molar-refractivity contribution in [1.82, 2.24) is 0 Å². The average molecular weight is 385 g/mol. The van der Waals surface area contributed by atoms with Gasteiger partial charge in [0.1, 0.15) is 6.10 Å². The quantitative estimate of drug-likeness (QED) is 0.402. The molecule has 3 fully saturated rings. The fourth-order valence-electron chi connectivity index (χ4n) is 7.28. The van der Waals surface area contributed by atoms with E-state index in [9.17, 15) is 9.59 Å². The van der Waals surface area contributed by atoms with E-state index in [2.05, 4.69) is 18.9 Å². The van der Waals surface area contributed by atoms with Crippen LogP contribution in [0.1, 0.15) is 72.1 Å². The van der Waals surface area contributed by atoms with Crippen molar-refractivity contribution in [2.24, 2.45) is 29.1 Å². The second kappa shape index (κ2) is 6.94. The van der Waals surface area contributed by atoms with Crippen molar-refractivity contribution in [3.8, 4) is 12.3 Å². The van der Waals surface area contributed by atoms with Crippen molar-refractivity contribution in [2.45, 2.75) is 83.8 Å². The standard InChI is InChI=1S/C24H32O4/c1-5-24(28-16(3)26)13-11-22-21-8-6-17-14-18(27-15(2)25)7-9-19(17)20(21)10-12-23(22,24)4/h1,14,18-22H,6-13H2,2-4H3/t18-,19+,20+,21-,22-,23-,24+/m1/s1. The lowest BCUT2D eigenvalue weighted by atomic mass is 9.50. The summed E-state index contributed by atoms with van der Waals surface area (Å²) in [4.78, 5) is 23.1. The van der Waals surface area contributed by atoms with Crippen molar-refractivity contribution in [1.29, 1.82) is 0 Å². The molecule has 0 unspecified atom stereocenters. The Hall–Kier alpha value is -1.76. The first kappa shape index (κ1) is 19.6. The first-order valence-corrected chi connectivity index (χ1v) is 10.8. The number of carbonyl (C=O) groups is 2. The summed E-state index contributed by atoms with van der Waals surface area (Å²) in [6, 6.07) is 0. The number of rotatable bonds is 2. The Bertz CT molecular complexity index is 746. The molecule has 28 heavy (non-hydrogen) atoms. The Morgan fingerprint density at radius 3 is 2.54 bits per heavy atom. The maximum absolute atomic E-state index is 11.8. The maximum Gasteiger partial charge on any atom is 0.304 e. The van der Waals surface area contributed by atoms with E-state index in [1.165, 1.54) is 25.8 Å². The van der Waals surface area contributed by atoms with Crippen LogP contribution in [0.25, 0.3) is 0 Å². The zero-order valence-corrected chi connectivity index (χ0v) is 17.3. The largest absolute Gasteiger partial charge is 0.458 e. The first-order chi connectivity index (χ1) is 13.3. The molecule has 4 aliphatic rings. The molecule has 0 radical (unpaired) electrons. The third-order valence-electron chi connectivity index (χ3n) is 8.40. The van der Waals surface area contributed by atoms with Crippen LogP contribution >= 0.6 is 0 Å². The lowest BCUT2D eigenvalue weighted by molar-refractivity contribution is -0.167. The Balaban J connectivity index is 1.57. The summed E-state index contributed by atoms with van der Waals surface area (Å²) in [7, 11) is 0. The van der Waals surface area contributed by atoms with E-state index in [0.29, 0.717) is 23.7 Å². The molecule has 152 valence electrons. The molecule has 4 aliphatic carbocycles. The minimum atomic E-state index is -0.739. The molecular weight excluding hydrogens is 352 g/mol. The highest BCUT2D eigenvalue weighted by Gasteiger charge is 2.64. The predicted octanol–water partition coefficient (Wildman–Crippen LogP) is 4.43. The van der Waals surface area contributed by atoms with Crippen molar-refractivity contribution < 1.29 is 19.1 Å². The van der Waals surface area contributed by atoms with Crippen molar-refractivity contribution in [3.63, 3.8) is 0 Å². The van der Waals surface area contributed by atoms with Gasteiger partial charge in [0.15, 0.2) is 5.60 Å². The summed E-state index contributed by atoms with van der Waals surface area (Å²) in [5, 5.41) is 0. The molecule has 3 saturated carbocycles. The smallest absolute Gasteiger partial charge is 0.304 e. The third-order valence-corrected chi connectivity index (χ3v) is 8.40. The third kappa shape index (κ3) is 2.90. The molecule has 0 amide bonds. The summed E-state index contributed by atoms with van der Waals surface area (Å²) in [6.45, 7) is 5.23. The fraction of sp³-hybridized carbons (Fsp3) is 0.750. The van der Waals surface area contributed by atoms with Crippen molar-refractivity contribution in [3.05, 3.63) is 11.6 Å². The molecule has 0 N–H and O–H groups in total. The Morgan fingerprint density at radius 2 is 1.86 bits per heavy atom. The van der Waals surface area contributed by atoms with E-state index in [4.69, 9.17) is 15.9 Å². The van der Waals surface area contributed by atoms with E-state index in [1.54, 1.807) is 0 Å². The molecule has 0 aromatic heterocycles. The highest BCUT2D eigenvalue weighted by atomic mass is 16.6. The van der Waals surface area contributed by atoms with Crippen molar-refractivity contribution >= 4 is 11.9 Å². The van der Waals surface area contributed by atoms with Crippen molar-refractivity contribution in [2.75, 3.05) is 0 Å². The SMILES string of the molecule is C#C[C@]1(OC(C)=O)CC[C@@H]2[C@@H]3CCC4=C[C@H](OC(C)=O)CC[C@@H]4[C@@H]3CC[C@]21C. The van der Waals surface area contributed by atoms with E-state index in [1.807, 2.05) is 0 Å². The molecule has 0 bridgehead atoms. The normalized spacial score (nSPS) is 44.2. The highest BCUT2D eigenvalue weighted by molar-refractivity contribution is 5.67. The minimum Gasteiger partial charge on any atom is -0.458 e. The molecule has 0 aliphatic heterocycles. The lowest BCUT2D eigenvalue weighted by Gasteiger charge is -2.55. The number of allylic oxidation sites excluding steroid dienone is 1. The summed E-state index contributed by atoms with van der Waals surface area (Å²) in [5.74, 6) is 4.94. The maximum atomic E-state index is 11.8. The lowest BCUT2D eigenvalue weighted by Crippen LogP contribution is -2.53. The molecule has 0 heterocycles. The zero-order chi connectivity index (χ0) is 20.1. The summed E-state index contributed by atoms with van der Waals surface area (Å²) in [5.41, 5.74) is 0.644. The molecule has 0 aromatic carbocycles. The van der Waals surface area contributed by atoms with Gasteiger partial charge in [-0.3, -0.25) is 9.59 Å². The number of hydrogen-bond acceptors (Lipinski definition) is 4. The van der Waals surface area contributed by atoms with Gasteiger partial charge in [-0.05, 0) is 81.1 Å². The predicted molar refractivity (Wildman–Crippen MR) is 106 cm³/mol. The fourth-order valence-corrected chi connectivity index (χ4v) is 7.28. The van der Waals surface area contributed by atoms with Crippen LogP contribution in [0.3, 0.4) is 0 Å². The van der Waals surface area contributed by atoms with Crippen LogP contribution < -0.4 is 0 Å². The Labute approximate surface area is 168 Å². The van der Waals surface area contributed by atoms with Crippen LogP contribution in [-0.2, 0) is 19.1 Å². The highest BCUT2D eigenvalue weighted by Crippen LogP contribution is 2.65. The van der Waals surface area contributed by atoms with Crippen LogP contribution in [0.4, 0.5) is 0 Å². The van der Waals surface area contributed by atoms with E-state index in [0.717, 1.165) is 44.9 Å². The number of fused-ring (bicyclic) bond motifs is 5. The molecular formula is C24H32O4. The molecule has 4 nitrogen and oxygen atoms in total. The Kier molecular flexibility index (Phi) is 4.84. The van der Waals surface area contributed by atoms with E-state index >= 15 is 0 Å². The number of terminal acetylenes is 1. The van der Waals surface area contributed by atoms with Crippen LogP contribution in [0.15, 0.2) is 11.6 Å². The molecule has 0 saturated heterocycles. The molecule has 7 atom stereocenters. The number of carbonyl (C=O) groups excluding carboxylic acids is 2. The minimum absolute atomic E-state index is 0.0429. The van der Waals surface area contributed by atoms with Crippen LogP contribution in [0.2, 0.25) is 0 Å². The second-order valence-electron chi connectivity index (χ2n) is 9.61. The van der Waals surface area contributed by atoms with Gasteiger partial charge >= 0.3 is 11.9 Å². The van der Waals surface area contributed by atoms with Gasteiger partial charge in [-0.15, -0.1) is 6.42 Å². The van der Waals surface area contributed by atoms with Gasteiger partial charge in [0.05, 0.1) is 0 Å². The van der Waals surface area contributed by atoms with Gasteiger partial charge in [-0.2, -0.15) is 0 Å². The monoisotopic (exact) mass is 384 g/mol. The number of hydrogen-bond donors (Lipinski definition) is 0. The topological polar surface area (TPSA) is 52.6 Å². The zero-order valence-electron chi connectivity index (χ0n) is 17.3. The van der Waals surface area contributed by atoms with Crippen LogP contribution in [0.5, 0.6) is 0 Å². The number of esters is 2. The average Bonchev–Trinajstić information content (AvgIpc) is 2.93. The summed E-state index contributed by atoms with van der Waals surface area (Å²) < 4.78 is 11.3. The molecule has 4 heteroatoms. The molecule has 4 rings (SSSR count). The van der Waals surface area contributed by atoms with Gasteiger partial charge in [0.25, 0.3) is 0 Å². The van der Waals surface area contributed by atoms with Gasteiger partial charge < -0.3 is 9.47 Å². The van der Waals surface area contributed by atoms with Crippen LogP contribution in [-0.4, -0.2) is 23.6 Å². The second-order valence-corrected chi connectivity index (χ2v) is 9.61. The molecule has 0 spiro atoms. The van der Waals surface area contributed by atoms with E-state index in [-0.39, 0.29) is 23.5 Å². The number of ether oxygens (including phenoxy) is 2.